The van der Waals surface area contributed by atoms with E-state index in [1.54, 1.807) is 20.2 Å². The second-order valence-electron chi connectivity index (χ2n) is 10.4. The van der Waals surface area contributed by atoms with Crippen molar-refractivity contribution in [2.24, 2.45) is 17.3 Å². The number of allylic oxidation sites excluding steroid dienone is 4. The maximum Gasteiger partial charge on any atom is 0.156 e. The minimum atomic E-state index is -0.549. The molecular formula is C26H31F2NO2. The van der Waals surface area contributed by atoms with Crippen LogP contribution in [-0.2, 0) is 4.79 Å². The summed E-state index contributed by atoms with van der Waals surface area (Å²) in [5.74, 6) is -0.361. The number of halogens is 2. The quantitative estimate of drug-likeness (QED) is 0.697. The number of aliphatic hydroxyl groups is 1. The normalized spacial score (nSPS) is 34.8. The third kappa shape index (κ3) is 3.11. The minimum Gasteiger partial charge on any atom is -0.393 e. The van der Waals surface area contributed by atoms with Crippen LogP contribution in [0.25, 0.3) is 0 Å². The molecule has 31 heavy (non-hydrogen) atoms. The molecule has 5 atom stereocenters. The number of rotatable bonds is 2. The molecule has 1 aromatic rings. The maximum absolute atomic E-state index is 15.0. The van der Waals surface area contributed by atoms with Crippen molar-refractivity contribution in [2.45, 2.75) is 63.9 Å². The lowest BCUT2D eigenvalue weighted by Crippen LogP contribution is -2.45. The molecular weight excluding hydrogens is 396 g/mol. The molecule has 2 saturated carbocycles. The second kappa shape index (κ2) is 7.26. The number of fused-ring (bicyclic) bond motifs is 4. The van der Waals surface area contributed by atoms with Crippen molar-refractivity contribution >= 4 is 11.5 Å². The van der Waals surface area contributed by atoms with Gasteiger partial charge in [0.25, 0.3) is 0 Å². The van der Waals surface area contributed by atoms with Gasteiger partial charge in [-0.3, -0.25) is 4.79 Å². The minimum absolute atomic E-state index is 0.0220. The van der Waals surface area contributed by atoms with Gasteiger partial charge in [-0.15, -0.1) is 0 Å². The van der Waals surface area contributed by atoms with Crippen molar-refractivity contribution in [3.63, 3.8) is 0 Å². The van der Waals surface area contributed by atoms with Crippen LogP contribution >= 0.6 is 0 Å². The molecule has 0 saturated heterocycles. The smallest absolute Gasteiger partial charge is 0.156 e. The number of anilines is 1. The molecule has 166 valence electrons. The van der Waals surface area contributed by atoms with E-state index in [-0.39, 0.29) is 28.9 Å². The third-order valence-electron chi connectivity index (χ3n) is 8.57. The summed E-state index contributed by atoms with van der Waals surface area (Å²) in [7, 11) is 3.28. The lowest BCUT2D eigenvalue weighted by Gasteiger charge is -2.52. The summed E-state index contributed by atoms with van der Waals surface area (Å²) in [6, 6.07) is 2.98. The predicted molar refractivity (Wildman–Crippen MR) is 117 cm³/mol. The summed E-state index contributed by atoms with van der Waals surface area (Å²) in [5, 5.41) is 10.9. The van der Waals surface area contributed by atoms with E-state index in [2.05, 4.69) is 6.92 Å². The number of aliphatic hydroxyl groups excluding tert-OH is 1. The van der Waals surface area contributed by atoms with Crippen molar-refractivity contribution in [3.05, 3.63) is 52.1 Å². The number of carbonyl (C=O) groups excluding carboxylic acids is 1. The number of nitrogens with zero attached hydrogens (tertiary/aromatic N) is 1. The van der Waals surface area contributed by atoms with Gasteiger partial charge in [0, 0.05) is 26.4 Å². The second-order valence-corrected chi connectivity index (χ2v) is 10.4. The standard InChI is InChI=1S/C26H31F2NO2/c1-26-13-19(15-11-21(27)25(29(2)3)22(28)12-15)24-17-7-5-16(30)10-14(17)4-6-18(24)20(26)8-9-23(26)31/h10-12,18-20,23,31H,4-9,13H2,1-3H3. The highest BCUT2D eigenvalue weighted by molar-refractivity contribution is 5.93. The first-order chi connectivity index (χ1) is 14.7. The number of benzene rings is 1. The van der Waals surface area contributed by atoms with E-state index < -0.39 is 11.6 Å². The van der Waals surface area contributed by atoms with Crippen LogP contribution in [-0.4, -0.2) is 31.1 Å². The molecule has 0 bridgehead atoms. The van der Waals surface area contributed by atoms with Crippen molar-refractivity contribution in [2.75, 3.05) is 19.0 Å². The molecule has 0 heterocycles. The summed E-state index contributed by atoms with van der Waals surface area (Å²) in [6.07, 6.45) is 6.95. The first-order valence-corrected chi connectivity index (χ1v) is 11.5. The molecule has 5 heteroatoms. The van der Waals surface area contributed by atoms with Crippen LogP contribution in [0.1, 0.15) is 63.4 Å². The zero-order valence-corrected chi connectivity index (χ0v) is 18.5. The van der Waals surface area contributed by atoms with Gasteiger partial charge >= 0.3 is 0 Å². The Balaban J connectivity index is 1.69. The first kappa shape index (κ1) is 20.9. The van der Waals surface area contributed by atoms with Crippen LogP contribution in [0.3, 0.4) is 0 Å². The highest BCUT2D eigenvalue weighted by atomic mass is 19.1. The van der Waals surface area contributed by atoms with E-state index >= 15 is 0 Å². The zero-order chi connectivity index (χ0) is 22.1. The van der Waals surface area contributed by atoms with Crippen LogP contribution in [0, 0.1) is 28.9 Å². The molecule has 0 radical (unpaired) electrons. The number of ketones is 1. The van der Waals surface area contributed by atoms with Gasteiger partial charge in [-0.1, -0.05) is 12.5 Å². The highest BCUT2D eigenvalue weighted by Crippen LogP contribution is 2.63. The summed E-state index contributed by atoms with van der Waals surface area (Å²) in [5.41, 5.74) is 4.05. The Kier molecular flexibility index (Phi) is 4.89. The molecule has 0 aliphatic heterocycles. The van der Waals surface area contributed by atoms with Crippen LogP contribution in [0.5, 0.6) is 0 Å². The Labute approximate surface area is 182 Å². The summed E-state index contributed by atoms with van der Waals surface area (Å²) < 4.78 is 29.9. The largest absolute Gasteiger partial charge is 0.393 e. The van der Waals surface area contributed by atoms with Gasteiger partial charge < -0.3 is 10.0 Å². The van der Waals surface area contributed by atoms with E-state index in [4.69, 9.17) is 0 Å². The van der Waals surface area contributed by atoms with E-state index in [1.165, 1.54) is 28.2 Å². The third-order valence-corrected chi connectivity index (χ3v) is 8.57. The van der Waals surface area contributed by atoms with Gasteiger partial charge in [0.2, 0.25) is 0 Å². The van der Waals surface area contributed by atoms with Gasteiger partial charge in [-0.25, -0.2) is 8.78 Å². The lowest BCUT2D eigenvalue weighted by atomic mass is 9.53. The molecule has 3 nitrogen and oxygen atoms in total. The van der Waals surface area contributed by atoms with E-state index in [0.717, 1.165) is 37.7 Å². The van der Waals surface area contributed by atoms with Gasteiger partial charge in [-0.05, 0) is 90.7 Å². The van der Waals surface area contributed by atoms with Gasteiger partial charge in [0.1, 0.15) is 17.3 Å². The van der Waals surface area contributed by atoms with Crippen LogP contribution in [0.4, 0.5) is 14.5 Å². The Morgan fingerprint density at radius 1 is 1.06 bits per heavy atom. The fourth-order valence-electron chi connectivity index (χ4n) is 7.15. The van der Waals surface area contributed by atoms with Crippen molar-refractivity contribution in [1.29, 1.82) is 0 Å². The average Bonchev–Trinajstić information content (AvgIpc) is 3.00. The summed E-state index contributed by atoms with van der Waals surface area (Å²) in [6.45, 7) is 2.17. The Morgan fingerprint density at radius 2 is 1.77 bits per heavy atom. The van der Waals surface area contributed by atoms with Crippen LogP contribution < -0.4 is 4.90 Å². The van der Waals surface area contributed by atoms with Crippen molar-refractivity contribution in [1.82, 2.24) is 0 Å². The highest BCUT2D eigenvalue weighted by Gasteiger charge is 2.56. The van der Waals surface area contributed by atoms with Crippen molar-refractivity contribution < 1.29 is 18.7 Å². The number of hydrogen-bond acceptors (Lipinski definition) is 3. The fraction of sp³-hybridized carbons (Fsp3) is 0.577. The molecule has 0 amide bonds. The lowest BCUT2D eigenvalue weighted by molar-refractivity contribution is -0.114. The van der Waals surface area contributed by atoms with E-state index in [0.29, 0.717) is 30.2 Å². The van der Waals surface area contributed by atoms with Gasteiger partial charge in [-0.2, -0.15) is 0 Å². The molecule has 5 rings (SSSR count). The molecule has 0 spiro atoms. The molecule has 1 N–H and O–H groups in total. The maximum atomic E-state index is 15.0. The fourth-order valence-corrected chi connectivity index (χ4v) is 7.15. The number of hydrogen-bond donors (Lipinski definition) is 1. The summed E-state index contributed by atoms with van der Waals surface area (Å²) in [4.78, 5) is 13.5. The van der Waals surface area contributed by atoms with Crippen LogP contribution in [0.2, 0.25) is 0 Å². The van der Waals surface area contributed by atoms with Crippen molar-refractivity contribution in [3.8, 4) is 0 Å². The monoisotopic (exact) mass is 427 g/mol. The molecule has 2 fully saturated rings. The van der Waals surface area contributed by atoms with E-state index in [9.17, 15) is 18.7 Å². The Hall–Kier alpha value is -2.01. The average molecular weight is 428 g/mol. The predicted octanol–water partition coefficient (Wildman–Crippen LogP) is 5.29. The molecule has 4 aliphatic carbocycles. The topological polar surface area (TPSA) is 40.5 Å². The molecule has 0 aromatic heterocycles. The molecule has 4 aliphatic rings. The van der Waals surface area contributed by atoms with Gasteiger partial charge in [0.05, 0.1) is 6.10 Å². The first-order valence-electron chi connectivity index (χ1n) is 11.5. The van der Waals surface area contributed by atoms with E-state index in [1.807, 2.05) is 0 Å². The summed E-state index contributed by atoms with van der Waals surface area (Å²) >= 11 is 0. The molecule has 1 aromatic carbocycles. The molecule has 5 unspecified atom stereocenters. The Bertz CT molecular complexity index is 988. The Morgan fingerprint density at radius 3 is 2.45 bits per heavy atom. The SMILES string of the molecule is CN(C)c1c(F)cc(C2CC3(C)C(O)CCC3C3CCC4=CC(=O)CCC4=C23)cc1F. The number of carbonyl (C=O) groups is 1. The zero-order valence-electron chi connectivity index (χ0n) is 18.5. The van der Waals surface area contributed by atoms with Crippen LogP contribution in [0.15, 0.2) is 34.9 Å². The van der Waals surface area contributed by atoms with Gasteiger partial charge in [0.15, 0.2) is 5.78 Å².